The Kier molecular flexibility index (Phi) is 3.93. The number of nitrogens with one attached hydrogen (secondary N) is 1. The lowest BCUT2D eigenvalue weighted by Gasteiger charge is -2.24. The Bertz CT molecular complexity index is 390. The second-order valence-electron chi connectivity index (χ2n) is 4.84. The fourth-order valence-electron chi connectivity index (χ4n) is 1.21. The zero-order valence-electron chi connectivity index (χ0n) is 10.6. The molecule has 1 rings (SSSR count). The molecule has 0 bridgehead atoms. The van der Waals surface area contributed by atoms with Crippen LogP contribution in [0.5, 0.6) is 0 Å². The highest BCUT2D eigenvalue weighted by Gasteiger charge is 2.21. The van der Waals surface area contributed by atoms with E-state index in [4.69, 9.17) is 4.74 Å². The molecule has 1 heterocycles. The van der Waals surface area contributed by atoms with Gasteiger partial charge in [-0.15, -0.1) is 0 Å². The number of H-pyrrole nitrogens is 1. The lowest BCUT2D eigenvalue weighted by molar-refractivity contribution is 0.0294. The topological polar surface area (TPSA) is 62.4 Å². The molecule has 0 radical (unpaired) electrons. The van der Waals surface area contributed by atoms with E-state index in [1.54, 1.807) is 39.1 Å². The molecule has 1 amide bonds. The summed E-state index contributed by atoms with van der Waals surface area (Å²) in [6.07, 6.45) is 1.16. The molecule has 0 unspecified atom stereocenters. The van der Waals surface area contributed by atoms with E-state index in [9.17, 15) is 9.59 Å². The van der Waals surface area contributed by atoms with Gasteiger partial charge in [0.05, 0.1) is 12.2 Å². The molecule has 0 saturated carbocycles. The number of carbonyl (C=O) groups is 2. The third-order valence-corrected chi connectivity index (χ3v) is 1.98. The highest BCUT2D eigenvalue weighted by molar-refractivity contribution is 5.97. The first-order valence-electron chi connectivity index (χ1n) is 5.40. The van der Waals surface area contributed by atoms with Crippen LogP contribution < -0.4 is 0 Å². The molecule has 0 fully saturated rings. The first kappa shape index (κ1) is 13.3. The van der Waals surface area contributed by atoms with Crippen LogP contribution in [0.25, 0.3) is 0 Å². The smallest absolute Gasteiger partial charge is 0.410 e. The van der Waals surface area contributed by atoms with Crippen molar-refractivity contribution in [3.8, 4) is 0 Å². The molecule has 1 aromatic heterocycles. The molecule has 0 aromatic carbocycles. The molecule has 0 aliphatic carbocycles. The molecule has 5 heteroatoms. The summed E-state index contributed by atoms with van der Waals surface area (Å²) >= 11 is 0. The average Bonchev–Trinajstić information content (AvgIpc) is 2.67. The van der Waals surface area contributed by atoms with Crippen molar-refractivity contribution in [3.63, 3.8) is 0 Å². The summed E-state index contributed by atoms with van der Waals surface area (Å²) in [6.45, 7) is 5.35. The number of amides is 1. The standard InChI is InChI=1S/C12H18N2O3/c1-12(2,3)17-11(16)14(4)8-10(15)9-6-5-7-13-9/h5-7,13H,8H2,1-4H3. The van der Waals surface area contributed by atoms with Crippen LogP contribution in [0, 0.1) is 0 Å². The van der Waals surface area contributed by atoms with Crippen molar-refractivity contribution in [3.05, 3.63) is 24.0 Å². The van der Waals surface area contributed by atoms with Gasteiger partial charge in [0.25, 0.3) is 0 Å². The molecule has 0 atom stereocenters. The van der Waals surface area contributed by atoms with Gasteiger partial charge in [0.1, 0.15) is 5.60 Å². The van der Waals surface area contributed by atoms with E-state index in [1.807, 2.05) is 0 Å². The fourth-order valence-corrected chi connectivity index (χ4v) is 1.21. The second kappa shape index (κ2) is 5.03. The van der Waals surface area contributed by atoms with Crippen LogP contribution in [0.15, 0.2) is 18.3 Å². The summed E-state index contributed by atoms with van der Waals surface area (Å²) in [4.78, 5) is 27.4. The van der Waals surface area contributed by atoms with Crippen molar-refractivity contribution in [1.29, 1.82) is 0 Å². The number of ether oxygens (including phenoxy) is 1. The van der Waals surface area contributed by atoms with Crippen LogP contribution >= 0.6 is 0 Å². The summed E-state index contributed by atoms with van der Waals surface area (Å²) < 4.78 is 5.14. The van der Waals surface area contributed by atoms with Gasteiger partial charge in [-0.05, 0) is 32.9 Å². The number of aromatic nitrogens is 1. The molecule has 94 valence electrons. The molecular weight excluding hydrogens is 220 g/mol. The zero-order valence-corrected chi connectivity index (χ0v) is 10.6. The molecule has 17 heavy (non-hydrogen) atoms. The number of Topliss-reactive ketones (excluding diaryl/α,β-unsaturated/α-hetero) is 1. The van der Waals surface area contributed by atoms with E-state index in [-0.39, 0.29) is 12.3 Å². The third-order valence-electron chi connectivity index (χ3n) is 1.98. The van der Waals surface area contributed by atoms with Crippen LogP contribution in [0.3, 0.4) is 0 Å². The van der Waals surface area contributed by atoms with Crippen LogP contribution in [0.2, 0.25) is 0 Å². The van der Waals surface area contributed by atoms with E-state index >= 15 is 0 Å². The maximum Gasteiger partial charge on any atom is 0.410 e. The van der Waals surface area contributed by atoms with Gasteiger partial charge in [0, 0.05) is 13.2 Å². The van der Waals surface area contributed by atoms with E-state index in [1.165, 1.54) is 11.9 Å². The van der Waals surface area contributed by atoms with E-state index < -0.39 is 11.7 Å². The number of ketones is 1. The molecule has 0 aliphatic rings. The predicted molar refractivity (Wildman–Crippen MR) is 64.0 cm³/mol. The van der Waals surface area contributed by atoms with Crippen LogP contribution in [-0.4, -0.2) is 41.0 Å². The minimum atomic E-state index is -0.555. The Labute approximate surface area is 101 Å². The molecule has 0 aliphatic heterocycles. The normalized spacial score (nSPS) is 11.1. The van der Waals surface area contributed by atoms with Gasteiger partial charge in [-0.2, -0.15) is 0 Å². The highest BCUT2D eigenvalue weighted by Crippen LogP contribution is 2.09. The van der Waals surface area contributed by atoms with E-state index in [0.717, 1.165) is 0 Å². The Balaban J connectivity index is 2.52. The molecule has 1 aromatic rings. The molecule has 1 N–H and O–H groups in total. The van der Waals surface area contributed by atoms with Gasteiger partial charge < -0.3 is 14.6 Å². The Morgan fingerprint density at radius 1 is 1.41 bits per heavy atom. The van der Waals surface area contributed by atoms with E-state index in [2.05, 4.69) is 4.98 Å². The Morgan fingerprint density at radius 3 is 2.53 bits per heavy atom. The summed E-state index contributed by atoms with van der Waals surface area (Å²) in [5.74, 6) is -0.150. The van der Waals surface area contributed by atoms with Crippen LogP contribution in [0.4, 0.5) is 4.79 Å². The van der Waals surface area contributed by atoms with Gasteiger partial charge >= 0.3 is 6.09 Å². The van der Waals surface area contributed by atoms with Crippen molar-refractivity contribution in [2.45, 2.75) is 26.4 Å². The number of hydrogen-bond donors (Lipinski definition) is 1. The average molecular weight is 238 g/mol. The van der Waals surface area contributed by atoms with Gasteiger partial charge in [-0.1, -0.05) is 0 Å². The SMILES string of the molecule is CN(CC(=O)c1ccc[nH]1)C(=O)OC(C)(C)C. The van der Waals surface area contributed by atoms with Gasteiger partial charge in [-0.3, -0.25) is 4.79 Å². The van der Waals surface area contributed by atoms with Crippen molar-refractivity contribution < 1.29 is 14.3 Å². The monoisotopic (exact) mass is 238 g/mol. The minimum Gasteiger partial charge on any atom is -0.444 e. The van der Waals surface area contributed by atoms with Crippen molar-refractivity contribution >= 4 is 11.9 Å². The van der Waals surface area contributed by atoms with Crippen LogP contribution in [-0.2, 0) is 4.74 Å². The Morgan fingerprint density at radius 2 is 2.06 bits per heavy atom. The first-order valence-corrected chi connectivity index (χ1v) is 5.40. The maximum atomic E-state index is 11.7. The van der Waals surface area contributed by atoms with Gasteiger partial charge in [-0.25, -0.2) is 4.79 Å². The highest BCUT2D eigenvalue weighted by atomic mass is 16.6. The van der Waals surface area contributed by atoms with Crippen molar-refractivity contribution in [2.24, 2.45) is 0 Å². The summed E-state index contributed by atoms with van der Waals surface area (Å²) in [6, 6.07) is 3.41. The summed E-state index contributed by atoms with van der Waals surface area (Å²) in [5.41, 5.74) is -0.0682. The predicted octanol–water partition coefficient (Wildman–Crippen LogP) is 2.06. The van der Waals surface area contributed by atoms with Crippen molar-refractivity contribution in [2.75, 3.05) is 13.6 Å². The fraction of sp³-hybridized carbons (Fsp3) is 0.500. The zero-order chi connectivity index (χ0) is 13.1. The number of rotatable bonds is 3. The van der Waals surface area contributed by atoms with E-state index in [0.29, 0.717) is 5.69 Å². The number of likely N-dealkylation sites (N-methyl/N-ethyl adjacent to an activating group) is 1. The summed E-state index contributed by atoms with van der Waals surface area (Å²) in [5, 5.41) is 0. The number of aromatic amines is 1. The third kappa shape index (κ3) is 4.30. The largest absolute Gasteiger partial charge is 0.444 e. The molecular formula is C12H18N2O3. The maximum absolute atomic E-state index is 11.7. The van der Waals surface area contributed by atoms with Crippen LogP contribution in [0.1, 0.15) is 31.3 Å². The minimum absolute atomic E-state index is 0.00454. The number of carbonyl (C=O) groups excluding carboxylic acids is 2. The first-order chi connectivity index (χ1) is 7.79. The van der Waals surface area contributed by atoms with Gasteiger partial charge in [0.15, 0.2) is 5.78 Å². The quantitative estimate of drug-likeness (QED) is 0.820. The lowest BCUT2D eigenvalue weighted by Crippen LogP contribution is -2.37. The summed E-state index contributed by atoms with van der Waals surface area (Å²) in [7, 11) is 1.54. The molecule has 0 spiro atoms. The second-order valence-corrected chi connectivity index (χ2v) is 4.84. The number of hydrogen-bond acceptors (Lipinski definition) is 3. The molecule has 0 saturated heterocycles. The number of nitrogens with zero attached hydrogens (tertiary/aromatic N) is 1. The van der Waals surface area contributed by atoms with Gasteiger partial charge in [0.2, 0.25) is 0 Å². The molecule has 5 nitrogen and oxygen atoms in total. The Hall–Kier alpha value is -1.78. The van der Waals surface area contributed by atoms with Crippen molar-refractivity contribution in [1.82, 2.24) is 9.88 Å². The lowest BCUT2D eigenvalue weighted by atomic mass is 10.2.